The van der Waals surface area contributed by atoms with Crippen LogP contribution in [0.25, 0.3) is 0 Å². The molecule has 1 saturated heterocycles. The van der Waals surface area contributed by atoms with Gasteiger partial charge in [-0.3, -0.25) is 9.48 Å². The zero-order chi connectivity index (χ0) is 20.5. The fourth-order valence-electron chi connectivity index (χ4n) is 4.40. The Morgan fingerprint density at radius 2 is 1.73 bits per heavy atom. The van der Waals surface area contributed by atoms with Gasteiger partial charge < -0.3 is 15.1 Å². The lowest BCUT2D eigenvalue weighted by atomic mass is 9.87. The molecule has 6 heteroatoms. The van der Waals surface area contributed by atoms with E-state index in [4.69, 9.17) is 0 Å². The Bertz CT molecular complexity index is 1020. The second kappa shape index (κ2) is 7.95. The monoisotopic (exact) mass is 401 g/mol. The number of likely N-dealkylation sites (N-methyl/N-ethyl adjacent to an activating group) is 1. The van der Waals surface area contributed by atoms with E-state index in [1.165, 1.54) is 16.8 Å². The maximum absolute atomic E-state index is 12.3. The Morgan fingerprint density at radius 1 is 1.00 bits per heavy atom. The first kappa shape index (κ1) is 18.9. The number of rotatable bonds is 4. The van der Waals surface area contributed by atoms with E-state index in [2.05, 4.69) is 69.9 Å². The predicted octanol–water partition coefficient (Wildman–Crippen LogP) is 3.16. The number of piperazine rings is 1. The van der Waals surface area contributed by atoms with Crippen molar-refractivity contribution >= 4 is 17.4 Å². The average Bonchev–Trinajstić information content (AvgIpc) is 3.16. The highest BCUT2D eigenvalue weighted by Crippen LogP contribution is 2.37. The van der Waals surface area contributed by atoms with Gasteiger partial charge in [0.15, 0.2) is 5.82 Å². The molecule has 0 bridgehead atoms. The summed E-state index contributed by atoms with van der Waals surface area (Å²) in [6.07, 6.45) is 2.54. The van der Waals surface area contributed by atoms with E-state index >= 15 is 0 Å². The Morgan fingerprint density at radius 3 is 2.47 bits per heavy atom. The van der Waals surface area contributed by atoms with E-state index in [1.807, 2.05) is 22.9 Å². The molecule has 1 aromatic heterocycles. The lowest BCUT2D eigenvalue weighted by Gasteiger charge is -2.34. The Kier molecular flexibility index (Phi) is 5.01. The SMILES string of the molecule is CN1CCN(c2ccc(C3CC(=O)Nc4nn(Cc5ccccc5)cc43)cc2)CC1. The zero-order valence-corrected chi connectivity index (χ0v) is 17.3. The molecular weight excluding hydrogens is 374 g/mol. The maximum Gasteiger partial charge on any atom is 0.226 e. The Labute approximate surface area is 177 Å². The largest absolute Gasteiger partial charge is 0.369 e. The molecule has 2 aromatic carbocycles. The number of amides is 1. The average molecular weight is 402 g/mol. The molecule has 5 rings (SSSR count). The standard InChI is InChI=1S/C24H27N5O/c1-27-11-13-28(14-12-27)20-9-7-19(8-10-20)21-15-23(30)25-24-22(21)17-29(26-24)16-18-5-3-2-4-6-18/h2-10,17,21H,11-16H2,1H3,(H,25,26,30). The van der Waals surface area contributed by atoms with Gasteiger partial charge in [-0.05, 0) is 30.3 Å². The van der Waals surface area contributed by atoms with Gasteiger partial charge in [0.25, 0.3) is 0 Å². The number of nitrogens with one attached hydrogen (secondary N) is 1. The van der Waals surface area contributed by atoms with E-state index in [0.29, 0.717) is 18.8 Å². The molecule has 2 aliphatic heterocycles. The molecule has 30 heavy (non-hydrogen) atoms. The van der Waals surface area contributed by atoms with Crippen LogP contribution in [0.4, 0.5) is 11.5 Å². The molecule has 1 fully saturated rings. The third kappa shape index (κ3) is 3.83. The lowest BCUT2D eigenvalue weighted by Crippen LogP contribution is -2.44. The third-order valence-corrected chi connectivity index (χ3v) is 6.16. The number of hydrogen-bond acceptors (Lipinski definition) is 4. The van der Waals surface area contributed by atoms with Gasteiger partial charge in [-0.15, -0.1) is 0 Å². The van der Waals surface area contributed by atoms with Crippen molar-refractivity contribution in [2.75, 3.05) is 43.4 Å². The van der Waals surface area contributed by atoms with Crippen LogP contribution in [0.5, 0.6) is 0 Å². The number of carbonyl (C=O) groups is 1. The summed E-state index contributed by atoms with van der Waals surface area (Å²) < 4.78 is 1.93. The van der Waals surface area contributed by atoms with Gasteiger partial charge in [0.05, 0.1) is 6.54 Å². The summed E-state index contributed by atoms with van der Waals surface area (Å²) in [7, 11) is 2.17. The molecule has 1 atom stereocenters. The summed E-state index contributed by atoms with van der Waals surface area (Å²) in [6, 6.07) is 19.0. The van der Waals surface area contributed by atoms with Gasteiger partial charge in [-0.2, -0.15) is 5.10 Å². The molecule has 3 aromatic rings. The van der Waals surface area contributed by atoms with Crippen LogP contribution >= 0.6 is 0 Å². The molecule has 6 nitrogen and oxygen atoms in total. The Balaban J connectivity index is 1.38. The quantitative estimate of drug-likeness (QED) is 0.730. The van der Waals surface area contributed by atoms with Crippen molar-refractivity contribution in [2.24, 2.45) is 0 Å². The molecular formula is C24H27N5O. The summed E-state index contributed by atoms with van der Waals surface area (Å²) in [5.74, 6) is 0.760. The normalized spacial score (nSPS) is 19.4. The number of hydrogen-bond donors (Lipinski definition) is 1. The molecule has 1 unspecified atom stereocenters. The first-order chi connectivity index (χ1) is 14.7. The lowest BCUT2D eigenvalue weighted by molar-refractivity contribution is -0.116. The number of aromatic nitrogens is 2. The van der Waals surface area contributed by atoms with Gasteiger partial charge in [0.2, 0.25) is 5.91 Å². The fraction of sp³-hybridized carbons (Fsp3) is 0.333. The number of carbonyl (C=O) groups excluding carboxylic acids is 1. The van der Waals surface area contributed by atoms with Crippen molar-refractivity contribution in [1.82, 2.24) is 14.7 Å². The van der Waals surface area contributed by atoms with E-state index < -0.39 is 0 Å². The van der Waals surface area contributed by atoms with Crippen LogP contribution in [0.2, 0.25) is 0 Å². The smallest absolute Gasteiger partial charge is 0.226 e. The second-order valence-corrected chi connectivity index (χ2v) is 8.30. The van der Waals surface area contributed by atoms with Crippen molar-refractivity contribution < 1.29 is 4.79 Å². The molecule has 0 spiro atoms. The van der Waals surface area contributed by atoms with E-state index in [0.717, 1.165) is 31.7 Å². The minimum Gasteiger partial charge on any atom is -0.369 e. The number of benzene rings is 2. The van der Waals surface area contributed by atoms with Gasteiger partial charge in [-0.25, -0.2) is 0 Å². The first-order valence-electron chi connectivity index (χ1n) is 10.6. The van der Waals surface area contributed by atoms with Gasteiger partial charge in [0, 0.05) is 56.0 Å². The summed E-state index contributed by atoms with van der Waals surface area (Å²) >= 11 is 0. The number of nitrogens with zero attached hydrogens (tertiary/aromatic N) is 4. The van der Waals surface area contributed by atoms with E-state index in [9.17, 15) is 4.79 Å². The summed E-state index contributed by atoms with van der Waals surface area (Å²) in [5, 5.41) is 7.59. The predicted molar refractivity (Wildman–Crippen MR) is 119 cm³/mol. The third-order valence-electron chi connectivity index (χ3n) is 6.16. The second-order valence-electron chi connectivity index (χ2n) is 8.30. The zero-order valence-electron chi connectivity index (χ0n) is 17.3. The molecule has 0 aliphatic carbocycles. The molecule has 1 N–H and O–H groups in total. The van der Waals surface area contributed by atoms with Crippen molar-refractivity contribution in [3.63, 3.8) is 0 Å². The summed E-state index contributed by atoms with van der Waals surface area (Å²) in [4.78, 5) is 17.1. The van der Waals surface area contributed by atoms with Crippen molar-refractivity contribution in [2.45, 2.75) is 18.9 Å². The highest BCUT2D eigenvalue weighted by atomic mass is 16.1. The maximum atomic E-state index is 12.3. The molecule has 1 amide bonds. The van der Waals surface area contributed by atoms with E-state index in [1.54, 1.807) is 0 Å². The van der Waals surface area contributed by atoms with Crippen LogP contribution in [-0.4, -0.2) is 53.8 Å². The van der Waals surface area contributed by atoms with Crippen molar-refractivity contribution in [3.05, 3.63) is 77.5 Å². The van der Waals surface area contributed by atoms with Gasteiger partial charge in [0.1, 0.15) is 0 Å². The van der Waals surface area contributed by atoms with Crippen molar-refractivity contribution in [1.29, 1.82) is 0 Å². The topological polar surface area (TPSA) is 53.4 Å². The van der Waals surface area contributed by atoms with Crippen LogP contribution in [0.1, 0.15) is 29.0 Å². The molecule has 0 radical (unpaired) electrons. The molecule has 2 aliphatic rings. The van der Waals surface area contributed by atoms with Crippen LogP contribution in [0.15, 0.2) is 60.8 Å². The number of fused-ring (bicyclic) bond motifs is 1. The van der Waals surface area contributed by atoms with Crippen LogP contribution in [0, 0.1) is 0 Å². The minimum atomic E-state index is 0.0283. The highest BCUT2D eigenvalue weighted by Gasteiger charge is 2.29. The molecule has 154 valence electrons. The summed E-state index contributed by atoms with van der Waals surface area (Å²) in [6.45, 7) is 4.98. The fourth-order valence-corrected chi connectivity index (χ4v) is 4.40. The van der Waals surface area contributed by atoms with Gasteiger partial charge in [-0.1, -0.05) is 42.5 Å². The first-order valence-corrected chi connectivity index (χ1v) is 10.6. The van der Waals surface area contributed by atoms with Gasteiger partial charge >= 0.3 is 0 Å². The minimum absolute atomic E-state index is 0.0283. The Hall–Kier alpha value is -3.12. The highest BCUT2D eigenvalue weighted by molar-refractivity contribution is 5.94. The summed E-state index contributed by atoms with van der Waals surface area (Å²) in [5.41, 5.74) is 4.71. The van der Waals surface area contributed by atoms with Crippen LogP contribution in [0.3, 0.4) is 0 Å². The van der Waals surface area contributed by atoms with Crippen LogP contribution < -0.4 is 10.2 Å². The molecule has 0 saturated carbocycles. The van der Waals surface area contributed by atoms with Crippen LogP contribution in [-0.2, 0) is 11.3 Å². The van der Waals surface area contributed by atoms with E-state index in [-0.39, 0.29) is 11.8 Å². The molecule has 3 heterocycles. The van der Waals surface area contributed by atoms with Crippen molar-refractivity contribution in [3.8, 4) is 0 Å². The number of anilines is 2.